The first kappa shape index (κ1) is 11.3. The fraction of sp³-hybridized carbons (Fsp3) is 0. The third kappa shape index (κ3) is 2.90. The number of hydrogen-bond acceptors (Lipinski definition) is 2. The van der Waals surface area contributed by atoms with Crippen molar-refractivity contribution in [2.75, 3.05) is 0 Å². The molecule has 1 heterocycles. The third-order valence-electron chi connectivity index (χ3n) is 2.07. The van der Waals surface area contributed by atoms with Crippen molar-refractivity contribution in [3.8, 4) is 0 Å². The van der Waals surface area contributed by atoms with Crippen molar-refractivity contribution in [2.24, 2.45) is 0 Å². The first-order valence-corrected chi connectivity index (χ1v) is 6.44. The minimum atomic E-state index is 0.0305. The molecule has 3 heteroatoms. The highest BCUT2D eigenvalue weighted by Crippen LogP contribution is 2.21. The van der Waals surface area contributed by atoms with E-state index in [4.69, 9.17) is 0 Å². The van der Waals surface area contributed by atoms with Crippen molar-refractivity contribution < 1.29 is 4.79 Å². The molecule has 0 aliphatic heterocycles. The maximum Gasteiger partial charge on any atom is 0.185 e. The molecule has 1 aromatic heterocycles. The van der Waals surface area contributed by atoms with Crippen LogP contribution in [0.1, 0.15) is 15.9 Å². The maximum absolute atomic E-state index is 11.7. The maximum atomic E-state index is 11.7. The molecule has 80 valence electrons. The predicted molar refractivity (Wildman–Crippen MR) is 71.8 cm³/mol. The monoisotopic (exact) mass is 292 g/mol. The highest BCUT2D eigenvalue weighted by molar-refractivity contribution is 9.11. The number of allylic oxidation sites excluding steroid dienone is 1. The summed E-state index contributed by atoms with van der Waals surface area (Å²) in [4.78, 5) is 11.7. The molecule has 2 rings (SSSR count). The SMILES string of the molecule is O=C(/C=C/c1csc(Br)c1)c1ccccc1. The molecular formula is C13H9BrOS. The standard InChI is InChI=1S/C13H9BrOS/c14-13-8-10(9-16-13)6-7-12(15)11-4-2-1-3-5-11/h1-9H/b7-6+. The molecule has 2 aromatic rings. The molecule has 0 aliphatic rings. The first-order chi connectivity index (χ1) is 7.75. The highest BCUT2D eigenvalue weighted by Gasteiger charge is 1.99. The largest absolute Gasteiger partial charge is 0.289 e. The van der Waals surface area contributed by atoms with E-state index in [1.54, 1.807) is 17.4 Å². The van der Waals surface area contributed by atoms with Crippen LogP contribution in [0.5, 0.6) is 0 Å². The summed E-state index contributed by atoms with van der Waals surface area (Å²) in [6.45, 7) is 0. The van der Waals surface area contributed by atoms with Gasteiger partial charge in [0, 0.05) is 5.56 Å². The zero-order chi connectivity index (χ0) is 11.4. The molecule has 0 fully saturated rings. The molecule has 0 bridgehead atoms. The van der Waals surface area contributed by atoms with Crippen LogP contribution in [-0.2, 0) is 0 Å². The van der Waals surface area contributed by atoms with Gasteiger partial charge in [-0.2, -0.15) is 0 Å². The van der Waals surface area contributed by atoms with Gasteiger partial charge in [-0.3, -0.25) is 4.79 Å². The molecule has 0 N–H and O–H groups in total. The van der Waals surface area contributed by atoms with E-state index in [1.807, 2.05) is 47.9 Å². The Hall–Kier alpha value is -1.19. The summed E-state index contributed by atoms with van der Waals surface area (Å²) < 4.78 is 1.07. The van der Waals surface area contributed by atoms with E-state index in [9.17, 15) is 4.79 Å². The van der Waals surface area contributed by atoms with Crippen molar-refractivity contribution in [3.63, 3.8) is 0 Å². The molecule has 0 unspecified atom stereocenters. The topological polar surface area (TPSA) is 17.1 Å². The molecule has 0 aliphatic carbocycles. The van der Waals surface area contributed by atoms with Gasteiger partial charge in [-0.25, -0.2) is 0 Å². The van der Waals surface area contributed by atoms with E-state index < -0.39 is 0 Å². The van der Waals surface area contributed by atoms with Crippen molar-refractivity contribution >= 4 is 39.1 Å². The van der Waals surface area contributed by atoms with Crippen LogP contribution in [0, 0.1) is 0 Å². The lowest BCUT2D eigenvalue weighted by molar-refractivity contribution is 0.104. The Labute approximate surface area is 107 Å². The van der Waals surface area contributed by atoms with Gasteiger partial charge in [0.15, 0.2) is 5.78 Å². The molecule has 1 nitrogen and oxygen atoms in total. The van der Waals surface area contributed by atoms with E-state index in [-0.39, 0.29) is 5.78 Å². The summed E-state index contributed by atoms with van der Waals surface area (Å²) in [5, 5.41) is 2.00. The van der Waals surface area contributed by atoms with E-state index in [0.29, 0.717) is 5.56 Å². The number of halogens is 1. The van der Waals surface area contributed by atoms with Crippen LogP contribution in [0.25, 0.3) is 6.08 Å². The Balaban J connectivity index is 2.11. The van der Waals surface area contributed by atoms with E-state index in [1.165, 1.54) is 0 Å². The van der Waals surface area contributed by atoms with Crippen LogP contribution >= 0.6 is 27.3 Å². The molecule has 0 saturated heterocycles. The number of hydrogen-bond donors (Lipinski definition) is 0. The van der Waals surface area contributed by atoms with Gasteiger partial charge in [0.1, 0.15) is 0 Å². The van der Waals surface area contributed by atoms with Crippen LogP contribution in [-0.4, -0.2) is 5.78 Å². The van der Waals surface area contributed by atoms with Gasteiger partial charge in [-0.15, -0.1) is 11.3 Å². The average Bonchev–Trinajstić information content (AvgIpc) is 2.73. The lowest BCUT2D eigenvalue weighted by atomic mass is 10.1. The minimum absolute atomic E-state index is 0.0305. The molecule has 16 heavy (non-hydrogen) atoms. The van der Waals surface area contributed by atoms with Crippen molar-refractivity contribution in [1.29, 1.82) is 0 Å². The van der Waals surface area contributed by atoms with Crippen molar-refractivity contribution in [2.45, 2.75) is 0 Å². The smallest absolute Gasteiger partial charge is 0.185 e. The second-order valence-electron chi connectivity index (χ2n) is 3.25. The normalized spacial score (nSPS) is 10.8. The van der Waals surface area contributed by atoms with Crippen LogP contribution in [0.15, 0.2) is 51.6 Å². The Morgan fingerprint density at radius 3 is 2.62 bits per heavy atom. The Morgan fingerprint density at radius 2 is 2.00 bits per heavy atom. The fourth-order valence-corrected chi connectivity index (χ4v) is 2.43. The highest BCUT2D eigenvalue weighted by atomic mass is 79.9. The lowest BCUT2D eigenvalue weighted by Gasteiger charge is -1.93. The molecule has 0 amide bonds. The number of ketones is 1. The van der Waals surface area contributed by atoms with Gasteiger partial charge >= 0.3 is 0 Å². The van der Waals surface area contributed by atoms with Gasteiger partial charge in [-0.05, 0) is 39.0 Å². The number of carbonyl (C=O) groups is 1. The first-order valence-electron chi connectivity index (χ1n) is 4.77. The molecule has 0 atom stereocenters. The Kier molecular flexibility index (Phi) is 3.70. The van der Waals surface area contributed by atoms with Crippen molar-refractivity contribution in [1.82, 2.24) is 0 Å². The zero-order valence-electron chi connectivity index (χ0n) is 8.39. The molecular weight excluding hydrogens is 284 g/mol. The van der Waals surface area contributed by atoms with Gasteiger partial charge < -0.3 is 0 Å². The summed E-state index contributed by atoms with van der Waals surface area (Å²) >= 11 is 4.99. The fourth-order valence-electron chi connectivity index (χ4n) is 1.28. The second kappa shape index (κ2) is 5.23. The van der Waals surface area contributed by atoms with Crippen LogP contribution in [0.3, 0.4) is 0 Å². The van der Waals surface area contributed by atoms with Crippen LogP contribution < -0.4 is 0 Å². The quantitative estimate of drug-likeness (QED) is 0.605. The zero-order valence-corrected chi connectivity index (χ0v) is 10.8. The molecule has 0 saturated carbocycles. The van der Waals surface area contributed by atoms with E-state index >= 15 is 0 Å². The minimum Gasteiger partial charge on any atom is -0.289 e. The lowest BCUT2D eigenvalue weighted by Crippen LogP contribution is -1.92. The van der Waals surface area contributed by atoms with Gasteiger partial charge in [0.05, 0.1) is 3.79 Å². The van der Waals surface area contributed by atoms with Gasteiger partial charge in [0.2, 0.25) is 0 Å². The number of rotatable bonds is 3. The van der Waals surface area contributed by atoms with E-state index in [0.717, 1.165) is 9.35 Å². The Bertz CT molecular complexity index is 514. The average molecular weight is 293 g/mol. The predicted octanol–water partition coefficient (Wildman–Crippen LogP) is 4.41. The summed E-state index contributed by atoms with van der Waals surface area (Å²) in [6, 6.07) is 11.2. The van der Waals surface area contributed by atoms with E-state index in [2.05, 4.69) is 15.9 Å². The summed E-state index contributed by atoms with van der Waals surface area (Å²) in [6.07, 6.45) is 3.43. The van der Waals surface area contributed by atoms with Crippen LogP contribution in [0.2, 0.25) is 0 Å². The van der Waals surface area contributed by atoms with Gasteiger partial charge in [-0.1, -0.05) is 36.4 Å². The van der Waals surface area contributed by atoms with Crippen LogP contribution in [0.4, 0.5) is 0 Å². The molecule has 0 radical (unpaired) electrons. The number of thiophene rings is 1. The summed E-state index contributed by atoms with van der Waals surface area (Å²) in [5.41, 5.74) is 1.76. The summed E-state index contributed by atoms with van der Waals surface area (Å²) in [7, 11) is 0. The molecule has 1 aromatic carbocycles. The van der Waals surface area contributed by atoms with Gasteiger partial charge in [0.25, 0.3) is 0 Å². The number of carbonyl (C=O) groups excluding carboxylic acids is 1. The summed E-state index contributed by atoms with van der Waals surface area (Å²) in [5.74, 6) is 0.0305. The second-order valence-corrected chi connectivity index (χ2v) is 5.54. The Morgan fingerprint density at radius 1 is 1.25 bits per heavy atom. The van der Waals surface area contributed by atoms with Crippen molar-refractivity contribution in [3.05, 3.63) is 62.8 Å². The number of benzene rings is 1. The molecule has 0 spiro atoms. The third-order valence-corrected chi connectivity index (χ3v) is 3.60.